The van der Waals surface area contributed by atoms with Crippen molar-refractivity contribution < 1.29 is 9.84 Å². The van der Waals surface area contributed by atoms with Gasteiger partial charge in [0.15, 0.2) is 0 Å². The minimum Gasteiger partial charge on any atom is -0.396 e. The van der Waals surface area contributed by atoms with Gasteiger partial charge in [-0.05, 0) is 43.9 Å². The van der Waals surface area contributed by atoms with Crippen LogP contribution >= 0.6 is 22.9 Å². The molecule has 4 heterocycles. The lowest BCUT2D eigenvalue weighted by molar-refractivity contribution is 0.0845. The molecule has 2 atom stereocenters. The molecule has 8 heteroatoms. The summed E-state index contributed by atoms with van der Waals surface area (Å²) in [6.45, 7) is 5.77. The summed E-state index contributed by atoms with van der Waals surface area (Å²) in [7, 11) is 0. The number of aromatic nitrogens is 2. The summed E-state index contributed by atoms with van der Waals surface area (Å²) in [6, 6.07) is 4.75. The Hall–Kier alpha value is -1.12. The molecule has 6 nitrogen and oxygen atoms in total. The van der Waals surface area contributed by atoms with Crippen LogP contribution in [0, 0.1) is 0 Å². The maximum absolute atomic E-state index is 9.37. The number of nitrogens with zero attached hydrogens (tertiary/aromatic N) is 2. The van der Waals surface area contributed by atoms with Gasteiger partial charge >= 0.3 is 0 Å². The van der Waals surface area contributed by atoms with Crippen LogP contribution in [0.25, 0.3) is 0 Å². The van der Waals surface area contributed by atoms with E-state index in [1.54, 1.807) is 11.3 Å². The standard InChI is InChI=1S/C19H27ClN4O2S/c1-12-10-24(19-14(2-5-25)8-18(20)27-19)11-17(21-12)16-9-15(22-23-16)13-3-6-26-7-4-13/h8-9,12-13,17,21,25H,2-7,10-11H2,1H3,(H,22,23). The smallest absolute Gasteiger partial charge is 0.0958 e. The molecule has 27 heavy (non-hydrogen) atoms. The van der Waals surface area contributed by atoms with E-state index in [1.807, 2.05) is 6.07 Å². The second kappa shape index (κ2) is 8.49. The van der Waals surface area contributed by atoms with E-state index in [-0.39, 0.29) is 12.6 Å². The molecule has 2 aliphatic rings. The molecule has 2 aromatic rings. The van der Waals surface area contributed by atoms with Gasteiger partial charge in [-0.2, -0.15) is 5.10 Å². The zero-order valence-corrected chi connectivity index (χ0v) is 17.2. The third kappa shape index (κ3) is 4.32. The zero-order valence-electron chi connectivity index (χ0n) is 15.6. The first-order valence-corrected chi connectivity index (χ1v) is 10.9. The lowest BCUT2D eigenvalue weighted by Crippen LogP contribution is -2.51. The Bertz CT molecular complexity index is 759. The van der Waals surface area contributed by atoms with Gasteiger partial charge < -0.3 is 20.1 Å². The number of aliphatic hydroxyl groups excluding tert-OH is 1. The molecule has 2 aliphatic heterocycles. The van der Waals surface area contributed by atoms with Crippen LogP contribution in [0.3, 0.4) is 0 Å². The van der Waals surface area contributed by atoms with Gasteiger partial charge in [-0.25, -0.2) is 0 Å². The van der Waals surface area contributed by atoms with Gasteiger partial charge in [-0.3, -0.25) is 5.10 Å². The number of hydrogen-bond donors (Lipinski definition) is 3. The third-order valence-corrected chi connectivity index (χ3v) is 6.81. The number of thiophene rings is 1. The number of aromatic amines is 1. The van der Waals surface area contributed by atoms with Crippen LogP contribution in [0.4, 0.5) is 5.00 Å². The lowest BCUT2D eigenvalue weighted by atomic mass is 9.96. The second-order valence-corrected chi connectivity index (χ2v) is 9.18. The zero-order chi connectivity index (χ0) is 18.8. The monoisotopic (exact) mass is 410 g/mol. The Morgan fingerprint density at radius 1 is 1.33 bits per heavy atom. The Balaban J connectivity index is 1.52. The molecule has 3 N–H and O–H groups in total. The van der Waals surface area contributed by atoms with Crippen molar-refractivity contribution in [3.8, 4) is 0 Å². The van der Waals surface area contributed by atoms with Gasteiger partial charge in [0.1, 0.15) is 0 Å². The largest absolute Gasteiger partial charge is 0.396 e. The topological polar surface area (TPSA) is 73.4 Å². The molecule has 0 amide bonds. The average Bonchev–Trinajstić information content (AvgIpc) is 3.29. The van der Waals surface area contributed by atoms with Crippen LogP contribution in [-0.2, 0) is 11.2 Å². The SMILES string of the molecule is CC1CN(c2sc(Cl)cc2CCO)CC(c2cc(C3CCOCC3)n[nH]2)N1. The van der Waals surface area contributed by atoms with Crippen molar-refractivity contribution in [3.63, 3.8) is 0 Å². The fourth-order valence-corrected chi connectivity index (χ4v) is 5.42. The molecule has 0 radical (unpaired) electrons. The van der Waals surface area contributed by atoms with E-state index in [0.29, 0.717) is 18.4 Å². The number of hydrogen-bond acceptors (Lipinski definition) is 6. The summed E-state index contributed by atoms with van der Waals surface area (Å²) >= 11 is 7.87. The lowest BCUT2D eigenvalue weighted by Gasteiger charge is -2.38. The van der Waals surface area contributed by atoms with Crippen molar-refractivity contribution in [3.05, 3.63) is 33.4 Å². The van der Waals surface area contributed by atoms with Gasteiger partial charge in [-0.1, -0.05) is 11.6 Å². The minimum atomic E-state index is 0.139. The molecule has 2 fully saturated rings. The van der Waals surface area contributed by atoms with E-state index in [4.69, 9.17) is 16.3 Å². The van der Waals surface area contributed by atoms with E-state index < -0.39 is 0 Å². The van der Waals surface area contributed by atoms with Gasteiger partial charge in [0.2, 0.25) is 0 Å². The number of halogens is 1. The number of rotatable bonds is 5. The Kier molecular flexibility index (Phi) is 6.04. The highest BCUT2D eigenvalue weighted by atomic mass is 35.5. The van der Waals surface area contributed by atoms with E-state index in [2.05, 4.69) is 33.4 Å². The fourth-order valence-electron chi connectivity index (χ4n) is 4.12. The predicted octanol–water partition coefficient (Wildman–Crippen LogP) is 3.09. The van der Waals surface area contributed by atoms with Gasteiger partial charge in [-0.15, -0.1) is 11.3 Å². The molecule has 2 unspecified atom stereocenters. The Labute approximate surface area is 168 Å². The van der Waals surface area contributed by atoms with Crippen molar-refractivity contribution in [2.45, 2.75) is 44.2 Å². The summed E-state index contributed by atoms with van der Waals surface area (Å²) in [5.41, 5.74) is 3.42. The fraction of sp³-hybridized carbons (Fsp3) is 0.632. The highest BCUT2D eigenvalue weighted by Crippen LogP contribution is 2.37. The molecule has 148 valence electrons. The molecule has 2 saturated heterocycles. The maximum atomic E-state index is 9.37. The quantitative estimate of drug-likeness (QED) is 0.706. The van der Waals surface area contributed by atoms with Gasteiger partial charge in [0, 0.05) is 44.9 Å². The maximum Gasteiger partial charge on any atom is 0.0958 e. The normalized spacial score (nSPS) is 24.5. The molecule has 0 aliphatic carbocycles. The molecular formula is C19H27ClN4O2S. The van der Waals surface area contributed by atoms with Crippen molar-refractivity contribution in [2.24, 2.45) is 0 Å². The molecule has 0 saturated carbocycles. The number of H-pyrrole nitrogens is 1. The molecule has 0 aromatic carbocycles. The average molecular weight is 411 g/mol. The molecule has 4 rings (SSSR count). The van der Waals surface area contributed by atoms with Crippen molar-refractivity contribution in [2.75, 3.05) is 37.8 Å². The number of ether oxygens (including phenoxy) is 1. The molecule has 0 bridgehead atoms. The van der Waals surface area contributed by atoms with Gasteiger partial charge in [0.25, 0.3) is 0 Å². The third-order valence-electron chi connectivity index (χ3n) is 5.44. The van der Waals surface area contributed by atoms with E-state index in [0.717, 1.165) is 60.4 Å². The second-order valence-electron chi connectivity index (χ2n) is 7.51. The van der Waals surface area contributed by atoms with Crippen molar-refractivity contribution >= 4 is 27.9 Å². The predicted molar refractivity (Wildman–Crippen MR) is 109 cm³/mol. The van der Waals surface area contributed by atoms with Crippen LogP contribution < -0.4 is 10.2 Å². The van der Waals surface area contributed by atoms with Crippen LogP contribution in [0.1, 0.15) is 48.7 Å². The van der Waals surface area contributed by atoms with Crippen LogP contribution in [0.5, 0.6) is 0 Å². The molecular weight excluding hydrogens is 384 g/mol. The number of aliphatic hydroxyl groups is 1. The number of anilines is 1. The van der Waals surface area contributed by atoms with Gasteiger partial charge in [0.05, 0.1) is 26.8 Å². The molecule has 2 aromatic heterocycles. The summed E-state index contributed by atoms with van der Waals surface area (Å²) in [6.07, 6.45) is 2.73. The Morgan fingerprint density at radius 3 is 2.93 bits per heavy atom. The Morgan fingerprint density at radius 2 is 2.15 bits per heavy atom. The summed E-state index contributed by atoms with van der Waals surface area (Å²) in [5.74, 6) is 0.494. The summed E-state index contributed by atoms with van der Waals surface area (Å²) in [5, 5.41) is 22.1. The van der Waals surface area contributed by atoms with Crippen molar-refractivity contribution in [1.29, 1.82) is 0 Å². The first-order chi connectivity index (χ1) is 13.1. The van der Waals surface area contributed by atoms with Crippen molar-refractivity contribution in [1.82, 2.24) is 15.5 Å². The van der Waals surface area contributed by atoms with E-state index in [1.165, 1.54) is 5.00 Å². The summed E-state index contributed by atoms with van der Waals surface area (Å²) in [4.78, 5) is 2.39. The van der Waals surface area contributed by atoms with Crippen LogP contribution in [-0.4, -0.2) is 54.3 Å². The minimum absolute atomic E-state index is 0.139. The number of piperazine rings is 1. The number of nitrogens with one attached hydrogen (secondary N) is 2. The molecule has 0 spiro atoms. The first kappa shape index (κ1) is 19.2. The highest BCUT2D eigenvalue weighted by molar-refractivity contribution is 7.20. The first-order valence-electron chi connectivity index (χ1n) is 9.67. The van der Waals surface area contributed by atoms with Crippen LogP contribution in [0.15, 0.2) is 12.1 Å². The summed E-state index contributed by atoms with van der Waals surface area (Å²) < 4.78 is 6.25. The highest BCUT2D eigenvalue weighted by Gasteiger charge is 2.29. The van der Waals surface area contributed by atoms with E-state index >= 15 is 0 Å². The van der Waals surface area contributed by atoms with E-state index in [9.17, 15) is 5.11 Å². The van der Waals surface area contributed by atoms with Crippen LogP contribution in [0.2, 0.25) is 4.34 Å².